The van der Waals surface area contributed by atoms with Crippen molar-refractivity contribution < 1.29 is 14.7 Å². The molecule has 17 heavy (non-hydrogen) atoms. The van der Waals surface area contributed by atoms with Crippen LogP contribution in [-0.2, 0) is 9.59 Å². The second-order valence-electron chi connectivity index (χ2n) is 5.12. The van der Waals surface area contributed by atoms with Crippen LogP contribution in [0, 0.1) is 11.8 Å². The molecule has 2 fully saturated rings. The van der Waals surface area contributed by atoms with Gasteiger partial charge in [0, 0.05) is 6.42 Å². The molecule has 0 radical (unpaired) electrons. The zero-order valence-corrected chi connectivity index (χ0v) is 9.95. The van der Waals surface area contributed by atoms with Crippen molar-refractivity contribution in [3.63, 3.8) is 0 Å². The number of hydrogen-bond acceptors (Lipinski definition) is 3. The lowest BCUT2D eigenvalue weighted by molar-refractivity contribution is -0.142. The fourth-order valence-electron chi connectivity index (χ4n) is 2.35. The van der Waals surface area contributed by atoms with Crippen molar-refractivity contribution in [1.29, 1.82) is 0 Å². The first kappa shape index (κ1) is 12.4. The largest absolute Gasteiger partial charge is 0.480 e. The zero-order valence-electron chi connectivity index (χ0n) is 9.95. The third kappa shape index (κ3) is 3.70. The van der Waals surface area contributed by atoms with E-state index in [2.05, 4.69) is 10.6 Å². The first-order chi connectivity index (χ1) is 8.16. The molecule has 1 heterocycles. The van der Waals surface area contributed by atoms with Crippen LogP contribution in [0.15, 0.2) is 0 Å². The normalized spacial score (nSPS) is 25.5. The van der Waals surface area contributed by atoms with Crippen LogP contribution in [0.25, 0.3) is 0 Å². The molecular weight excluding hydrogens is 220 g/mol. The number of hydrogen-bond donors (Lipinski definition) is 3. The minimum Gasteiger partial charge on any atom is -0.480 e. The Labute approximate surface area is 101 Å². The number of rotatable bonds is 6. The Morgan fingerprint density at radius 1 is 1.35 bits per heavy atom. The molecule has 2 aliphatic rings. The maximum Gasteiger partial charge on any atom is 0.326 e. The van der Waals surface area contributed by atoms with Gasteiger partial charge in [0.25, 0.3) is 0 Å². The average Bonchev–Trinajstić information content (AvgIpc) is 2.99. The number of carbonyl (C=O) groups excluding carboxylic acids is 1. The average molecular weight is 240 g/mol. The number of carboxylic acid groups (broad SMARTS) is 1. The zero-order chi connectivity index (χ0) is 12.3. The molecule has 5 nitrogen and oxygen atoms in total. The lowest BCUT2D eigenvalue weighted by Crippen LogP contribution is -2.42. The van der Waals surface area contributed by atoms with Crippen LogP contribution in [0.2, 0.25) is 0 Å². The molecule has 0 bridgehead atoms. The maximum absolute atomic E-state index is 11.7. The summed E-state index contributed by atoms with van der Waals surface area (Å²) in [5.74, 6) is -0.283. The van der Waals surface area contributed by atoms with E-state index in [1.54, 1.807) is 0 Å². The molecule has 1 aliphatic carbocycles. The Kier molecular flexibility index (Phi) is 3.99. The minimum atomic E-state index is -0.900. The molecule has 2 rings (SSSR count). The van der Waals surface area contributed by atoms with Gasteiger partial charge >= 0.3 is 5.97 Å². The number of aliphatic carboxylic acids is 1. The summed E-state index contributed by atoms with van der Waals surface area (Å²) in [7, 11) is 0. The molecule has 0 aromatic heterocycles. The topological polar surface area (TPSA) is 78.4 Å². The summed E-state index contributed by atoms with van der Waals surface area (Å²) in [6.45, 7) is 2.02. The van der Waals surface area contributed by atoms with E-state index in [0.29, 0.717) is 12.3 Å². The van der Waals surface area contributed by atoms with Gasteiger partial charge in [-0.1, -0.05) is 0 Å². The molecule has 2 atom stereocenters. The Morgan fingerprint density at radius 2 is 2.12 bits per heavy atom. The van der Waals surface area contributed by atoms with E-state index in [1.807, 2.05) is 0 Å². The lowest BCUT2D eigenvalue weighted by Gasteiger charge is -2.14. The number of carboxylic acids is 1. The monoisotopic (exact) mass is 240 g/mol. The molecule has 1 amide bonds. The van der Waals surface area contributed by atoms with E-state index >= 15 is 0 Å². The molecule has 5 heteroatoms. The fourth-order valence-corrected chi connectivity index (χ4v) is 2.35. The van der Waals surface area contributed by atoms with E-state index in [9.17, 15) is 9.59 Å². The molecule has 1 saturated carbocycles. The molecule has 2 unspecified atom stereocenters. The van der Waals surface area contributed by atoms with Gasteiger partial charge in [0.15, 0.2) is 0 Å². The van der Waals surface area contributed by atoms with Gasteiger partial charge in [0.1, 0.15) is 6.04 Å². The van der Waals surface area contributed by atoms with Crippen LogP contribution < -0.4 is 10.6 Å². The van der Waals surface area contributed by atoms with Gasteiger partial charge in [-0.2, -0.15) is 0 Å². The van der Waals surface area contributed by atoms with E-state index in [0.717, 1.165) is 38.8 Å². The Hall–Kier alpha value is -1.10. The van der Waals surface area contributed by atoms with E-state index in [1.165, 1.54) is 0 Å². The molecule has 1 aliphatic heterocycles. The summed E-state index contributed by atoms with van der Waals surface area (Å²) in [6, 6.07) is -0.663. The number of carbonyl (C=O) groups is 2. The Bertz CT molecular complexity index is 296. The summed E-state index contributed by atoms with van der Waals surface area (Å²) in [4.78, 5) is 22.6. The Balaban J connectivity index is 1.69. The number of nitrogens with one attached hydrogen (secondary N) is 2. The van der Waals surface area contributed by atoms with Crippen LogP contribution in [-0.4, -0.2) is 36.1 Å². The van der Waals surface area contributed by atoms with Crippen molar-refractivity contribution in [3.05, 3.63) is 0 Å². The third-order valence-electron chi connectivity index (χ3n) is 3.62. The van der Waals surface area contributed by atoms with Crippen molar-refractivity contribution in [2.45, 2.75) is 38.1 Å². The predicted octanol–water partition coefficient (Wildman–Crippen LogP) is 0.355. The molecule has 1 saturated heterocycles. The van der Waals surface area contributed by atoms with E-state index in [-0.39, 0.29) is 11.8 Å². The summed E-state index contributed by atoms with van der Waals surface area (Å²) in [5, 5.41) is 14.9. The van der Waals surface area contributed by atoms with Crippen LogP contribution in [0.5, 0.6) is 0 Å². The smallest absolute Gasteiger partial charge is 0.326 e. The predicted molar refractivity (Wildman–Crippen MR) is 62.5 cm³/mol. The van der Waals surface area contributed by atoms with Crippen molar-refractivity contribution >= 4 is 11.9 Å². The molecule has 0 aromatic rings. The molecule has 0 spiro atoms. The highest BCUT2D eigenvalue weighted by molar-refractivity contribution is 5.84. The van der Waals surface area contributed by atoms with Gasteiger partial charge in [-0.25, -0.2) is 4.79 Å². The van der Waals surface area contributed by atoms with Gasteiger partial charge in [0.2, 0.25) is 5.91 Å². The van der Waals surface area contributed by atoms with Crippen LogP contribution in [0.3, 0.4) is 0 Å². The molecule has 96 valence electrons. The number of amides is 1. The summed E-state index contributed by atoms with van der Waals surface area (Å²) >= 11 is 0. The van der Waals surface area contributed by atoms with Gasteiger partial charge in [0.05, 0.1) is 0 Å². The quantitative estimate of drug-likeness (QED) is 0.626. The van der Waals surface area contributed by atoms with Gasteiger partial charge in [-0.15, -0.1) is 0 Å². The molecule has 0 aromatic carbocycles. The van der Waals surface area contributed by atoms with Crippen molar-refractivity contribution in [2.24, 2.45) is 11.8 Å². The highest BCUT2D eigenvalue weighted by atomic mass is 16.4. The third-order valence-corrected chi connectivity index (χ3v) is 3.62. The van der Waals surface area contributed by atoms with E-state index < -0.39 is 12.0 Å². The van der Waals surface area contributed by atoms with Crippen molar-refractivity contribution in [2.75, 3.05) is 13.1 Å². The summed E-state index contributed by atoms with van der Waals surface area (Å²) in [6.07, 6.45) is 4.27. The first-order valence-electron chi connectivity index (χ1n) is 6.39. The maximum atomic E-state index is 11.7. The second kappa shape index (κ2) is 5.49. The molecular formula is C12H20N2O3. The highest BCUT2D eigenvalue weighted by Gasteiger charge is 2.37. The minimum absolute atomic E-state index is 0.115. The van der Waals surface area contributed by atoms with Crippen LogP contribution >= 0.6 is 0 Å². The highest BCUT2D eigenvalue weighted by Crippen LogP contribution is 2.32. The SMILES string of the molecule is O=C(CCC1CCNC1)NC(C(=O)O)C1CC1. The van der Waals surface area contributed by atoms with Crippen molar-refractivity contribution in [3.8, 4) is 0 Å². The van der Waals surface area contributed by atoms with Gasteiger partial charge in [-0.05, 0) is 50.6 Å². The molecule has 3 N–H and O–H groups in total. The lowest BCUT2D eigenvalue weighted by atomic mass is 10.0. The Morgan fingerprint density at radius 3 is 2.65 bits per heavy atom. The van der Waals surface area contributed by atoms with Gasteiger partial charge in [-0.3, -0.25) is 4.79 Å². The van der Waals surface area contributed by atoms with Gasteiger partial charge < -0.3 is 15.7 Å². The standard InChI is InChI=1S/C12H20N2O3/c15-10(4-1-8-5-6-13-7-8)14-11(12(16)17)9-2-3-9/h8-9,11,13H,1-7H2,(H,14,15)(H,16,17). The first-order valence-corrected chi connectivity index (χ1v) is 6.39. The summed E-state index contributed by atoms with van der Waals surface area (Å²) in [5.41, 5.74) is 0. The van der Waals surface area contributed by atoms with Crippen LogP contribution in [0.4, 0.5) is 0 Å². The fraction of sp³-hybridized carbons (Fsp3) is 0.833. The van der Waals surface area contributed by atoms with Crippen molar-refractivity contribution in [1.82, 2.24) is 10.6 Å². The van der Waals surface area contributed by atoms with Crippen LogP contribution in [0.1, 0.15) is 32.1 Å². The van der Waals surface area contributed by atoms with E-state index in [4.69, 9.17) is 5.11 Å². The second-order valence-corrected chi connectivity index (χ2v) is 5.12. The summed E-state index contributed by atoms with van der Waals surface area (Å²) < 4.78 is 0.